The second-order valence-corrected chi connectivity index (χ2v) is 5.20. The molecule has 0 saturated heterocycles. The molecule has 0 unspecified atom stereocenters. The van der Waals surface area contributed by atoms with Crippen LogP contribution >= 0.6 is 0 Å². The Morgan fingerprint density at radius 1 is 1.26 bits per heavy atom. The van der Waals surface area contributed by atoms with E-state index in [0.717, 1.165) is 32.5 Å². The van der Waals surface area contributed by atoms with E-state index in [1.54, 1.807) is 0 Å². The van der Waals surface area contributed by atoms with E-state index >= 15 is 0 Å². The molecule has 0 atom stereocenters. The first kappa shape index (κ1) is 13.9. The second-order valence-electron chi connectivity index (χ2n) is 5.20. The zero-order valence-corrected chi connectivity index (χ0v) is 11.4. The number of nitrogens with two attached hydrogens (primary N) is 1. The zero-order chi connectivity index (χ0) is 13.5. The molecule has 3 N–H and O–H groups in total. The fourth-order valence-corrected chi connectivity index (χ4v) is 2.65. The molecule has 1 aromatic rings. The number of hydrogen-bond acceptors (Lipinski definition) is 3. The molecule has 1 aliphatic heterocycles. The Morgan fingerprint density at radius 2 is 2.05 bits per heavy atom. The SMILES string of the molecule is NC(CCCCN1CCCc2ccccc2C1)=NO. The van der Waals surface area contributed by atoms with Crippen molar-refractivity contribution in [2.75, 3.05) is 13.1 Å². The summed E-state index contributed by atoms with van der Waals surface area (Å²) in [5.74, 6) is 0.334. The molecule has 1 aromatic carbocycles. The van der Waals surface area contributed by atoms with Crippen molar-refractivity contribution in [3.63, 3.8) is 0 Å². The van der Waals surface area contributed by atoms with Crippen LogP contribution in [0.15, 0.2) is 29.4 Å². The maximum atomic E-state index is 8.48. The van der Waals surface area contributed by atoms with Gasteiger partial charge in [-0.15, -0.1) is 0 Å². The Hall–Kier alpha value is -1.55. The standard InChI is InChI=1S/C15H23N3O/c16-15(17-19)9-3-4-10-18-11-5-8-13-6-1-2-7-14(13)12-18/h1-2,6-7,19H,3-5,8-12H2,(H2,16,17). The quantitative estimate of drug-likeness (QED) is 0.281. The third-order valence-electron chi connectivity index (χ3n) is 3.72. The minimum Gasteiger partial charge on any atom is -0.409 e. The van der Waals surface area contributed by atoms with Gasteiger partial charge in [0.2, 0.25) is 0 Å². The molecular weight excluding hydrogens is 238 g/mol. The predicted octanol–water partition coefficient (Wildman–Crippen LogP) is 2.35. The van der Waals surface area contributed by atoms with Crippen LogP contribution in [0.5, 0.6) is 0 Å². The van der Waals surface area contributed by atoms with Crippen molar-refractivity contribution in [2.24, 2.45) is 10.9 Å². The highest BCUT2D eigenvalue weighted by atomic mass is 16.4. The molecular formula is C15H23N3O. The molecule has 104 valence electrons. The van der Waals surface area contributed by atoms with Crippen molar-refractivity contribution in [3.8, 4) is 0 Å². The summed E-state index contributed by atoms with van der Waals surface area (Å²) < 4.78 is 0. The highest BCUT2D eigenvalue weighted by Crippen LogP contribution is 2.18. The number of unbranched alkanes of at least 4 members (excludes halogenated alkanes) is 1. The van der Waals surface area contributed by atoms with Crippen molar-refractivity contribution in [1.82, 2.24) is 4.90 Å². The van der Waals surface area contributed by atoms with Gasteiger partial charge in [-0.3, -0.25) is 4.90 Å². The lowest BCUT2D eigenvalue weighted by molar-refractivity contribution is 0.264. The Kier molecular flexibility index (Phi) is 5.21. The highest BCUT2D eigenvalue weighted by Gasteiger charge is 2.13. The van der Waals surface area contributed by atoms with Gasteiger partial charge in [0.1, 0.15) is 5.84 Å². The first-order valence-electron chi connectivity index (χ1n) is 7.05. The molecule has 0 spiro atoms. The Morgan fingerprint density at radius 3 is 2.84 bits per heavy atom. The largest absolute Gasteiger partial charge is 0.409 e. The summed E-state index contributed by atoms with van der Waals surface area (Å²) in [5.41, 5.74) is 8.44. The molecule has 0 aromatic heterocycles. The molecule has 0 aliphatic carbocycles. The molecule has 19 heavy (non-hydrogen) atoms. The minimum absolute atomic E-state index is 0.334. The lowest BCUT2D eigenvalue weighted by Gasteiger charge is -2.20. The first-order chi connectivity index (χ1) is 9.29. The smallest absolute Gasteiger partial charge is 0.139 e. The van der Waals surface area contributed by atoms with Crippen LogP contribution in [0.4, 0.5) is 0 Å². The molecule has 0 fully saturated rings. The van der Waals surface area contributed by atoms with Crippen LogP contribution in [-0.2, 0) is 13.0 Å². The van der Waals surface area contributed by atoms with E-state index in [9.17, 15) is 0 Å². The van der Waals surface area contributed by atoms with E-state index in [1.807, 2.05) is 0 Å². The first-order valence-corrected chi connectivity index (χ1v) is 7.05. The molecule has 2 rings (SSSR count). The number of benzene rings is 1. The summed E-state index contributed by atoms with van der Waals surface area (Å²) in [6.07, 6.45) is 5.18. The van der Waals surface area contributed by atoms with E-state index in [-0.39, 0.29) is 0 Å². The molecule has 0 saturated carbocycles. The van der Waals surface area contributed by atoms with E-state index < -0.39 is 0 Å². The Bertz CT molecular complexity index is 431. The van der Waals surface area contributed by atoms with Crippen LogP contribution in [0.25, 0.3) is 0 Å². The van der Waals surface area contributed by atoms with Crippen molar-refractivity contribution >= 4 is 5.84 Å². The van der Waals surface area contributed by atoms with Crippen LogP contribution < -0.4 is 5.73 Å². The average Bonchev–Trinajstić information content (AvgIpc) is 2.65. The number of rotatable bonds is 5. The summed E-state index contributed by atoms with van der Waals surface area (Å²) in [7, 11) is 0. The molecule has 0 radical (unpaired) electrons. The van der Waals surface area contributed by atoms with Crippen molar-refractivity contribution in [2.45, 2.75) is 38.6 Å². The Labute approximate surface area is 114 Å². The van der Waals surface area contributed by atoms with Crippen LogP contribution in [0.1, 0.15) is 36.8 Å². The molecule has 4 heteroatoms. The molecule has 0 amide bonds. The maximum Gasteiger partial charge on any atom is 0.139 e. The lowest BCUT2D eigenvalue weighted by Crippen LogP contribution is -2.24. The van der Waals surface area contributed by atoms with Crippen molar-refractivity contribution < 1.29 is 5.21 Å². The topological polar surface area (TPSA) is 61.8 Å². The van der Waals surface area contributed by atoms with Gasteiger partial charge in [0.05, 0.1) is 0 Å². The summed E-state index contributed by atoms with van der Waals surface area (Å²) >= 11 is 0. The number of fused-ring (bicyclic) bond motifs is 1. The van der Waals surface area contributed by atoms with Crippen molar-refractivity contribution in [1.29, 1.82) is 0 Å². The third-order valence-corrected chi connectivity index (χ3v) is 3.72. The van der Waals surface area contributed by atoms with Gasteiger partial charge in [-0.1, -0.05) is 29.4 Å². The van der Waals surface area contributed by atoms with Crippen LogP contribution in [0.2, 0.25) is 0 Å². The van der Waals surface area contributed by atoms with Gasteiger partial charge in [0, 0.05) is 13.0 Å². The van der Waals surface area contributed by atoms with Crippen LogP contribution in [0, 0.1) is 0 Å². The fraction of sp³-hybridized carbons (Fsp3) is 0.533. The van der Waals surface area contributed by atoms with Gasteiger partial charge in [-0.25, -0.2) is 0 Å². The summed E-state index contributed by atoms with van der Waals surface area (Å²) in [4.78, 5) is 2.51. The summed E-state index contributed by atoms with van der Waals surface area (Å²) in [5, 5.41) is 11.5. The lowest BCUT2D eigenvalue weighted by atomic mass is 10.0. The fourth-order valence-electron chi connectivity index (χ4n) is 2.65. The summed E-state index contributed by atoms with van der Waals surface area (Å²) in [6, 6.07) is 8.74. The van der Waals surface area contributed by atoms with Gasteiger partial charge in [-0.05, 0) is 49.9 Å². The minimum atomic E-state index is 0.334. The highest BCUT2D eigenvalue weighted by molar-refractivity contribution is 5.79. The average molecular weight is 261 g/mol. The van der Waals surface area contributed by atoms with Gasteiger partial charge in [-0.2, -0.15) is 0 Å². The van der Waals surface area contributed by atoms with E-state index in [0.29, 0.717) is 12.3 Å². The predicted molar refractivity (Wildman–Crippen MR) is 77.3 cm³/mol. The molecule has 1 aliphatic rings. The molecule has 4 nitrogen and oxygen atoms in total. The molecule has 0 bridgehead atoms. The Balaban J connectivity index is 1.79. The van der Waals surface area contributed by atoms with E-state index in [2.05, 4.69) is 34.3 Å². The number of nitrogens with zero attached hydrogens (tertiary/aromatic N) is 2. The van der Waals surface area contributed by atoms with Crippen LogP contribution in [0.3, 0.4) is 0 Å². The van der Waals surface area contributed by atoms with Gasteiger partial charge in [0.15, 0.2) is 0 Å². The second kappa shape index (κ2) is 7.14. The summed E-state index contributed by atoms with van der Waals surface area (Å²) in [6.45, 7) is 3.31. The van der Waals surface area contributed by atoms with Crippen molar-refractivity contribution in [3.05, 3.63) is 35.4 Å². The normalized spacial score (nSPS) is 16.9. The number of oxime groups is 1. The number of aryl methyl sites for hydroxylation is 1. The zero-order valence-electron chi connectivity index (χ0n) is 11.4. The monoisotopic (exact) mass is 261 g/mol. The van der Waals surface area contributed by atoms with E-state index in [1.165, 1.54) is 24.0 Å². The number of hydrogen-bond donors (Lipinski definition) is 2. The van der Waals surface area contributed by atoms with Gasteiger partial charge in [0.25, 0.3) is 0 Å². The molecule has 1 heterocycles. The van der Waals surface area contributed by atoms with E-state index in [4.69, 9.17) is 10.9 Å². The van der Waals surface area contributed by atoms with Gasteiger partial charge < -0.3 is 10.9 Å². The van der Waals surface area contributed by atoms with Gasteiger partial charge >= 0.3 is 0 Å². The number of amidine groups is 1. The maximum absolute atomic E-state index is 8.48. The van der Waals surface area contributed by atoms with Crippen LogP contribution in [-0.4, -0.2) is 29.0 Å². The third kappa shape index (κ3) is 4.24.